The molecule has 4 nitrogen and oxygen atoms in total. The van der Waals surface area contributed by atoms with Crippen molar-refractivity contribution >= 4 is 11.9 Å². The van der Waals surface area contributed by atoms with E-state index >= 15 is 0 Å². The average molecular weight is 356 g/mol. The van der Waals surface area contributed by atoms with E-state index in [1.54, 1.807) is 0 Å². The fraction of sp³-hybridized carbons (Fsp3) is 0.714. The Bertz CT molecular complexity index is 421. The molecule has 0 heterocycles. The predicted molar refractivity (Wildman–Crippen MR) is 43.6 cm³/mol. The molecular formula is C7H3F11N2O2. The molecule has 0 aromatic rings. The van der Waals surface area contributed by atoms with Crippen LogP contribution in [0, 0.1) is 0 Å². The number of rotatable bonds is 2. The normalized spacial score (nSPS) is 14.0. The molecule has 0 saturated carbocycles. The lowest BCUT2D eigenvalue weighted by Crippen LogP contribution is -2.60. The Morgan fingerprint density at radius 2 is 1.09 bits per heavy atom. The first-order chi connectivity index (χ1) is 9.40. The highest BCUT2D eigenvalue weighted by Gasteiger charge is 2.64. The molecular weight excluding hydrogens is 353 g/mol. The van der Waals surface area contributed by atoms with Gasteiger partial charge in [-0.1, -0.05) is 0 Å². The largest absolute Gasteiger partial charge is 0.463 e. The highest BCUT2D eigenvalue weighted by molar-refractivity contribution is 5.98. The van der Waals surface area contributed by atoms with Gasteiger partial charge in [-0.2, -0.15) is 48.3 Å². The molecule has 0 rings (SSSR count). The average Bonchev–Trinajstić information content (AvgIpc) is 2.20. The van der Waals surface area contributed by atoms with E-state index < -0.39 is 42.4 Å². The van der Waals surface area contributed by atoms with Crippen molar-refractivity contribution in [1.29, 1.82) is 0 Å². The van der Waals surface area contributed by atoms with Crippen molar-refractivity contribution in [2.75, 3.05) is 0 Å². The summed E-state index contributed by atoms with van der Waals surface area (Å²) in [6.07, 6.45) is -18.8. The van der Waals surface area contributed by atoms with Crippen LogP contribution in [0.4, 0.5) is 53.1 Å². The van der Waals surface area contributed by atoms with Crippen molar-refractivity contribution in [2.24, 2.45) is 0 Å². The van der Waals surface area contributed by atoms with Crippen LogP contribution in [0.15, 0.2) is 0 Å². The lowest BCUT2D eigenvalue weighted by molar-refractivity contribution is -0.269. The number of alkyl halides is 11. The minimum atomic E-state index is -6.51. The van der Waals surface area contributed by atoms with Crippen molar-refractivity contribution in [3.8, 4) is 0 Å². The number of carbonyl (C=O) groups is 2. The first kappa shape index (κ1) is 20.2. The summed E-state index contributed by atoms with van der Waals surface area (Å²) in [5.41, 5.74) is 0. The molecule has 0 aromatic carbocycles. The monoisotopic (exact) mass is 356 g/mol. The Labute approximate surface area is 112 Å². The van der Waals surface area contributed by atoms with Crippen LogP contribution in [-0.4, -0.2) is 42.4 Å². The molecule has 0 aliphatic heterocycles. The molecule has 3 amide bonds. The lowest BCUT2D eigenvalue weighted by Gasteiger charge is -2.24. The van der Waals surface area contributed by atoms with Gasteiger partial charge < -0.3 is 5.32 Å². The molecule has 0 aliphatic rings. The maximum atomic E-state index is 12.3. The van der Waals surface area contributed by atoms with Gasteiger partial charge in [-0.25, -0.2) is 4.79 Å². The Hall–Kier alpha value is -1.83. The molecule has 2 N–H and O–H groups in total. The topological polar surface area (TPSA) is 58.2 Å². The smallest absolute Gasteiger partial charge is 0.318 e. The predicted octanol–water partition coefficient (Wildman–Crippen LogP) is 2.50. The second-order valence-electron chi connectivity index (χ2n) is 3.52. The number of imide groups is 1. The van der Waals surface area contributed by atoms with Crippen molar-refractivity contribution < 1.29 is 57.9 Å². The first-order valence-corrected chi connectivity index (χ1v) is 4.60. The summed E-state index contributed by atoms with van der Waals surface area (Å²) in [7, 11) is 0. The summed E-state index contributed by atoms with van der Waals surface area (Å²) in [4.78, 5) is 21.0. The highest BCUT2D eigenvalue weighted by Crippen LogP contribution is 2.36. The van der Waals surface area contributed by atoms with Crippen LogP contribution in [0.3, 0.4) is 0 Å². The second kappa shape index (κ2) is 5.75. The number of urea groups is 1. The van der Waals surface area contributed by atoms with Gasteiger partial charge in [0.15, 0.2) is 0 Å². The maximum absolute atomic E-state index is 12.3. The summed E-state index contributed by atoms with van der Waals surface area (Å²) in [6.45, 7) is 0. The van der Waals surface area contributed by atoms with Gasteiger partial charge >= 0.3 is 36.4 Å². The number of hydrogen-bond acceptors (Lipinski definition) is 2. The first-order valence-electron chi connectivity index (χ1n) is 4.60. The molecule has 130 valence electrons. The SMILES string of the molecule is O=C(NC(=O)C(F)(F)C(F)(F)F)NC(C(F)(F)F)C(F)(F)F. The van der Waals surface area contributed by atoms with Crippen molar-refractivity contribution in [2.45, 2.75) is 30.5 Å². The maximum Gasteiger partial charge on any atom is 0.463 e. The second-order valence-corrected chi connectivity index (χ2v) is 3.52. The van der Waals surface area contributed by atoms with Crippen LogP contribution < -0.4 is 10.6 Å². The number of halogens is 11. The Balaban J connectivity index is 5.06. The van der Waals surface area contributed by atoms with Crippen LogP contribution in [0.5, 0.6) is 0 Å². The molecule has 0 aliphatic carbocycles. The van der Waals surface area contributed by atoms with Crippen molar-refractivity contribution in [3.05, 3.63) is 0 Å². The standard InChI is InChI=1S/C7H3F11N2O2/c8-4(9,7(16,17)18)2(21)20-3(22)19-1(5(10,11)12)6(13,14)15/h1H,(H2,19,20,21,22). The molecule has 0 fully saturated rings. The van der Waals surface area contributed by atoms with Crippen LogP contribution in [0.25, 0.3) is 0 Å². The number of amides is 3. The van der Waals surface area contributed by atoms with Crippen LogP contribution in [0.2, 0.25) is 0 Å². The molecule has 0 bridgehead atoms. The summed E-state index contributed by atoms with van der Waals surface area (Å²) in [5, 5.41) is 0.0722. The Kier molecular flexibility index (Phi) is 5.27. The van der Waals surface area contributed by atoms with E-state index in [1.165, 1.54) is 0 Å². The zero-order valence-corrected chi connectivity index (χ0v) is 9.55. The molecule has 0 aromatic heterocycles. The van der Waals surface area contributed by atoms with E-state index in [0.717, 1.165) is 0 Å². The zero-order valence-electron chi connectivity index (χ0n) is 9.55. The fourth-order valence-electron chi connectivity index (χ4n) is 0.827. The van der Waals surface area contributed by atoms with E-state index in [4.69, 9.17) is 0 Å². The summed E-state index contributed by atoms with van der Waals surface area (Å²) in [5.74, 6) is -9.64. The van der Waals surface area contributed by atoms with Crippen molar-refractivity contribution in [3.63, 3.8) is 0 Å². The van der Waals surface area contributed by atoms with E-state index in [1.807, 2.05) is 0 Å². The number of hydrogen-bond donors (Lipinski definition) is 2. The minimum absolute atomic E-state index is 0.0298. The van der Waals surface area contributed by atoms with E-state index in [9.17, 15) is 57.9 Å². The van der Waals surface area contributed by atoms with E-state index in [-0.39, 0.29) is 10.6 Å². The van der Waals surface area contributed by atoms with Gasteiger partial charge in [-0.3, -0.25) is 10.1 Å². The van der Waals surface area contributed by atoms with Gasteiger partial charge in [0.05, 0.1) is 0 Å². The van der Waals surface area contributed by atoms with Crippen molar-refractivity contribution in [1.82, 2.24) is 10.6 Å². The van der Waals surface area contributed by atoms with Gasteiger partial charge in [0.1, 0.15) is 0 Å². The third-order valence-electron chi connectivity index (χ3n) is 1.80. The molecule has 0 spiro atoms. The van der Waals surface area contributed by atoms with Gasteiger partial charge in [0.2, 0.25) is 6.04 Å². The summed E-state index contributed by atoms with van der Waals surface area (Å²) >= 11 is 0. The Morgan fingerprint density at radius 3 is 1.36 bits per heavy atom. The highest BCUT2D eigenvalue weighted by atomic mass is 19.4. The molecule has 0 radical (unpaired) electrons. The van der Waals surface area contributed by atoms with Gasteiger partial charge in [0, 0.05) is 0 Å². The molecule has 0 atom stereocenters. The quantitative estimate of drug-likeness (QED) is 0.747. The molecule has 0 saturated heterocycles. The summed E-state index contributed by atoms with van der Waals surface area (Å²) in [6, 6.07) is -7.42. The third kappa shape index (κ3) is 4.87. The molecule has 22 heavy (non-hydrogen) atoms. The van der Waals surface area contributed by atoms with E-state index in [2.05, 4.69) is 0 Å². The van der Waals surface area contributed by atoms with E-state index in [0.29, 0.717) is 0 Å². The zero-order chi connectivity index (χ0) is 18.1. The molecule has 15 heteroatoms. The minimum Gasteiger partial charge on any atom is -0.318 e. The van der Waals surface area contributed by atoms with Crippen LogP contribution in [-0.2, 0) is 4.79 Å². The van der Waals surface area contributed by atoms with Gasteiger partial charge in [-0.05, 0) is 0 Å². The number of carbonyl (C=O) groups excluding carboxylic acids is 2. The van der Waals surface area contributed by atoms with Crippen LogP contribution >= 0.6 is 0 Å². The van der Waals surface area contributed by atoms with Crippen LogP contribution in [0.1, 0.15) is 0 Å². The third-order valence-corrected chi connectivity index (χ3v) is 1.80. The molecule has 0 unspecified atom stereocenters. The lowest BCUT2D eigenvalue weighted by atomic mass is 10.2. The number of nitrogens with one attached hydrogen (secondary N) is 2. The fourth-order valence-corrected chi connectivity index (χ4v) is 0.827. The van der Waals surface area contributed by atoms with Gasteiger partial charge in [-0.15, -0.1) is 0 Å². The van der Waals surface area contributed by atoms with Gasteiger partial charge in [0.25, 0.3) is 0 Å². The summed E-state index contributed by atoms with van der Waals surface area (Å²) < 4.78 is 131. The Morgan fingerprint density at radius 1 is 0.727 bits per heavy atom.